The first kappa shape index (κ1) is 10.9. The summed E-state index contributed by atoms with van der Waals surface area (Å²) >= 11 is 0. The van der Waals surface area contributed by atoms with Gasteiger partial charge in [-0.2, -0.15) is 0 Å². The van der Waals surface area contributed by atoms with E-state index in [4.69, 9.17) is 5.73 Å². The standard InChI is InChI=1S/C19H11NO/c20-19(21)11-7-10-5-6-14-12-3-1-2-4-13(12)16-9-17(16)18(14)15(10)8-11/h1-9H,(H2,20,21). The minimum atomic E-state index is -0.370. The largest absolute Gasteiger partial charge is 0.366 e. The molecule has 0 saturated heterocycles. The second-order valence-electron chi connectivity index (χ2n) is 5.62. The van der Waals surface area contributed by atoms with Crippen LogP contribution in [0.1, 0.15) is 10.4 Å². The molecule has 0 aliphatic heterocycles. The van der Waals surface area contributed by atoms with E-state index in [9.17, 15) is 4.79 Å². The first-order chi connectivity index (χ1) is 10.2. The Hall–Kier alpha value is -2.87. The Labute approximate surface area is 120 Å². The minimum absolute atomic E-state index is 0.370. The summed E-state index contributed by atoms with van der Waals surface area (Å²) in [6.07, 6.45) is 0. The fraction of sp³-hybridized carbons (Fsp3) is 0. The van der Waals surface area contributed by atoms with Gasteiger partial charge in [0.25, 0.3) is 0 Å². The molecule has 5 aromatic rings. The van der Waals surface area contributed by atoms with E-state index in [-0.39, 0.29) is 5.91 Å². The molecule has 98 valence electrons. The molecule has 0 saturated carbocycles. The van der Waals surface area contributed by atoms with Crippen molar-refractivity contribution in [1.82, 2.24) is 0 Å². The molecule has 21 heavy (non-hydrogen) atoms. The topological polar surface area (TPSA) is 43.1 Å². The summed E-state index contributed by atoms with van der Waals surface area (Å²) in [7, 11) is 0. The van der Waals surface area contributed by atoms with E-state index in [1.54, 1.807) is 0 Å². The highest BCUT2D eigenvalue weighted by Crippen LogP contribution is 2.44. The number of hydrogen-bond acceptors (Lipinski definition) is 1. The number of amides is 1. The third-order valence-electron chi connectivity index (χ3n) is 4.45. The number of hydrogen-bond donors (Lipinski definition) is 1. The summed E-state index contributed by atoms with van der Waals surface area (Å²) < 4.78 is 0. The van der Waals surface area contributed by atoms with Crippen LogP contribution < -0.4 is 5.73 Å². The quantitative estimate of drug-likeness (QED) is 0.454. The maximum absolute atomic E-state index is 11.4. The third kappa shape index (κ3) is 1.29. The van der Waals surface area contributed by atoms with E-state index < -0.39 is 0 Å². The lowest BCUT2D eigenvalue weighted by atomic mass is 9.99. The van der Waals surface area contributed by atoms with Gasteiger partial charge in [-0.25, -0.2) is 0 Å². The van der Waals surface area contributed by atoms with Gasteiger partial charge in [-0.05, 0) is 61.3 Å². The Morgan fingerprint density at radius 2 is 1.48 bits per heavy atom. The average Bonchev–Trinajstić information content (AvgIpc) is 3.17. The second kappa shape index (κ2) is 3.41. The molecule has 0 fully saturated rings. The van der Waals surface area contributed by atoms with Gasteiger partial charge in [0.2, 0.25) is 5.91 Å². The van der Waals surface area contributed by atoms with E-state index in [0.29, 0.717) is 5.56 Å². The van der Waals surface area contributed by atoms with Gasteiger partial charge in [-0.3, -0.25) is 4.79 Å². The van der Waals surface area contributed by atoms with Gasteiger partial charge < -0.3 is 5.73 Å². The highest BCUT2D eigenvalue weighted by Gasteiger charge is 2.17. The summed E-state index contributed by atoms with van der Waals surface area (Å²) in [6.45, 7) is 0. The predicted molar refractivity (Wildman–Crippen MR) is 87.4 cm³/mol. The zero-order chi connectivity index (χ0) is 14.1. The van der Waals surface area contributed by atoms with Crippen LogP contribution in [0.15, 0.2) is 54.6 Å². The lowest BCUT2D eigenvalue weighted by Crippen LogP contribution is -2.08. The normalized spacial score (nSPS) is 12.2. The molecular formula is C19H11NO. The molecule has 2 heteroatoms. The van der Waals surface area contributed by atoms with Crippen molar-refractivity contribution in [1.29, 1.82) is 0 Å². The number of primary amides is 1. The molecule has 2 nitrogen and oxygen atoms in total. The van der Waals surface area contributed by atoms with Crippen molar-refractivity contribution < 1.29 is 4.79 Å². The first-order valence-corrected chi connectivity index (χ1v) is 6.96. The maximum Gasteiger partial charge on any atom is 0.248 e. The summed E-state index contributed by atoms with van der Waals surface area (Å²) in [5.41, 5.74) is 6.00. The summed E-state index contributed by atoms with van der Waals surface area (Å²) in [5, 5.41) is 9.89. The van der Waals surface area contributed by atoms with Crippen molar-refractivity contribution in [3.63, 3.8) is 0 Å². The Bertz CT molecular complexity index is 1160. The van der Waals surface area contributed by atoms with E-state index in [0.717, 1.165) is 10.8 Å². The number of fused-ring (bicyclic) bond motifs is 8. The van der Waals surface area contributed by atoms with Gasteiger partial charge in [0, 0.05) is 5.56 Å². The number of benzene rings is 3. The van der Waals surface area contributed by atoms with Crippen LogP contribution in [0, 0.1) is 0 Å². The highest BCUT2D eigenvalue weighted by atomic mass is 16.1. The molecule has 5 aromatic carbocycles. The fourth-order valence-electron chi connectivity index (χ4n) is 3.43. The fourth-order valence-corrected chi connectivity index (χ4v) is 3.43. The average molecular weight is 269 g/mol. The van der Waals surface area contributed by atoms with Crippen LogP contribution >= 0.6 is 0 Å². The third-order valence-corrected chi connectivity index (χ3v) is 4.45. The zero-order valence-corrected chi connectivity index (χ0v) is 11.2. The molecule has 2 N–H and O–H groups in total. The molecule has 0 bridgehead atoms. The minimum Gasteiger partial charge on any atom is -0.366 e. The molecule has 5 rings (SSSR count). The van der Waals surface area contributed by atoms with E-state index >= 15 is 0 Å². The molecular weight excluding hydrogens is 258 g/mol. The Balaban J connectivity index is 2.06. The first-order valence-electron chi connectivity index (χ1n) is 6.96. The molecule has 0 spiro atoms. The van der Waals surface area contributed by atoms with Crippen LogP contribution in [-0.2, 0) is 0 Å². The molecule has 0 unspecified atom stereocenters. The second-order valence-corrected chi connectivity index (χ2v) is 5.62. The monoisotopic (exact) mass is 269 g/mol. The van der Waals surface area contributed by atoms with Crippen LogP contribution in [0.4, 0.5) is 0 Å². The van der Waals surface area contributed by atoms with Crippen molar-refractivity contribution in [3.05, 3.63) is 60.2 Å². The van der Waals surface area contributed by atoms with E-state index in [1.807, 2.05) is 12.1 Å². The SMILES string of the molecule is NC(=O)c1cc2ccc3c4ccccc4c4cc4c3c2c1. The molecule has 0 atom stereocenters. The number of carbonyl (C=O) groups is 1. The molecule has 0 heterocycles. The van der Waals surface area contributed by atoms with Gasteiger partial charge in [-0.15, -0.1) is 0 Å². The number of carbonyl (C=O) groups excluding carboxylic acids is 1. The molecule has 0 radical (unpaired) electrons. The summed E-state index contributed by atoms with van der Waals surface area (Å²) in [5.74, 6) is -0.370. The van der Waals surface area contributed by atoms with Crippen molar-refractivity contribution in [2.75, 3.05) is 0 Å². The Morgan fingerprint density at radius 1 is 0.714 bits per heavy atom. The number of rotatable bonds is 1. The van der Waals surface area contributed by atoms with Crippen molar-refractivity contribution >= 4 is 49.0 Å². The highest BCUT2D eigenvalue weighted by molar-refractivity contribution is 6.37. The van der Waals surface area contributed by atoms with Gasteiger partial charge in [0.05, 0.1) is 0 Å². The van der Waals surface area contributed by atoms with Crippen molar-refractivity contribution in [2.45, 2.75) is 0 Å². The summed E-state index contributed by atoms with van der Waals surface area (Å²) in [6, 6.07) is 18.7. The Kier molecular flexibility index (Phi) is 1.77. The smallest absolute Gasteiger partial charge is 0.248 e. The lowest BCUT2D eigenvalue weighted by Gasteiger charge is -2.04. The van der Waals surface area contributed by atoms with Gasteiger partial charge in [-0.1, -0.05) is 36.4 Å². The van der Waals surface area contributed by atoms with Crippen LogP contribution in [0.5, 0.6) is 0 Å². The summed E-state index contributed by atoms with van der Waals surface area (Å²) in [4.78, 5) is 11.4. The van der Waals surface area contributed by atoms with Crippen LogP contribution in [0.25, 0.3) is 43.1 Å². The Morgan fingerprint density at radius 3 is 2.24 bits per heavy atom. The predicted octanol–water partition coefficient (Wildman–Crippen LogP) is 4.27. The maximum atomic E-state index is 11.4. The zero-order valence-electron chi connectivity index (χ0n) is 11.2. The van der Waals surface area contributed by atoms with Gasteiger partial charge in [0.15, 0.2) is 0 Å². The lowest BCUT2D eigenvalue weighted by molar-refractivity contribution is 0.100. The molecule has 1 amide bonds. The van der Waals surface area contributed by atoms with Gasteiger partial charge in [0.1, 0.15) is 0 Å². The van der Waals surface area contributed by atoms with Gasteiger partial charge >= 0.3 is 0 Å². The van der Waals surface area contributed by atoms with E-state index in [1.165, 1.54) is 32.3 Å². The van der Waals surface area contributed by atoms with Crippen molar-refractivity contribution in [2.24, 2.45) is 5.73 Å². The number of nitrogens with two attached hydrogens (primary N) is 1. The van der Waals surface area contributed by atoms with Crippen LogP contribution in [0.3, 0.4) is 0 Å². The molecule has 0 aliphatic rings. The molecule has 0 aliphatic carbocycles. The van der Waals surface area contributed by atoms with Crippen LogP contribution in [-0.4, -0.2) is 5.91 Å². The van der Waals surface area contributed by atoms with E-state index in [2.05, 4.69) is 42.5 Å². The van der Waals surface area contributed by atoms with Crippen molar-refractivity contribution in [3.8, 4) is 0 Å². The van der Waals surface area contributed by atoms with Crippen LogP contribution in [0.2, 0.25) is 0 Å². The molecule has 0 aromatic heterocycles.